The number of hydrogen-bond acceptors (Lipinski definition) is 3. The van der Waals surface area contributed by atoms with E-state index in [0.717, 1.165) is 56.8 Å². The number of carbonyl (C=O) groups is 1. The molecule has 0 unspecified atom stereocenters. The van der Waals surface area contributed by atoms with Crippen LogP contribution in [0.5, 0.6) is 0 Å². The number of nitrogens with zero attached hydrogens (tertiary/aromatic N) is 2. The average Bonchev–Trinajstić information content (AvgIpc) is 2.48. The van der Waals surface area contributed by atoms with Gasteiger partial charge in [0.1, 0.15) is 0 Å². The van der Waals surface area contributed by atoms with Gasteiger partial charge < -0.3 is 15.5 Å². The molecular formula is C16H25N3O. The van der Waals surface area contributed by atoms with Gasteiger partial charge in [-0.25, -0.2) is 0 Å². The second kappa shape index (κ2) is 7.17. The highest BCUT2D eigenvalue weighted by atomic mass is 16.2. The number of nitrogen functional groups attached to an aromatic ring is 1. The van der Waals surface area contributed by atoms with E-state index in [4.69, 9.17) is 5.73 Å². The molecule has 1 aliphatic rings. The zero-order chi connectivity index (χ0) is 14.4. The molecule has 4 nitrogen and oxygen atoms in total. The summed E-state index contributed by atoms with van der Waals surface area (Å²) in [5.74, 6) is 0.305. The van der Waals surface area contributed by atoms with Crippen molar-refractivity contribution in [2.75, 3.05) is 36.8 Å². The highest BCUT2D eigenvalue weighted by Crippen LogP contribution is 2.23. The molecule has 0 aliphatic carbocycles. The van der Waals surface area contributed by atoms with Crippen LogP contribution in [0.4, 0.5) is 11.4 Å². The van der Waals surface area contributed by atoms with Gasteiger partial charge >= 0.3 is 0 Å². The van der Waals surface area contributed by atoms with Crippen molar-refractivity contribution in [3.63, 3.8) is 0 Å². The molecule has 1 aromatic rings. The van der Waals surface area contributed by atoms with Gasteiger partial charge in [-0.05, 0) is 18.6 Å². The Bertz CT molecular complexity index is 439. The zero-order valence-electron chi connectivity index (χ0n) is 12.3. The number of hydrogen-bond donors (Lipinski definition) is 1. The highest BCUT2D eigenvalue weighted by molar-refractivity contribution is 5.76. The van der Waals surface area contributed by atoms with Gasteiger partial charge in [0.05, 0.1) is 11.4 Å². The normalized spacial score (nSPS) is 15.4. The molecule has 0 spiro atoms. The molecule has 1 heterocycles. The smallest absolute Gasteiger partial charge is 0.222 e. The van der Waals surface area contributed by atoms with Gasteiger partial charge in [0.25, 0.3) is 0 Å². The van der Waals surface area contributed by atoms with Crippen LogP contribution in [0.2, 0.25) is 0 Å². The molecule has 0 bridgehead atoms. The first-order valence-electron chi connectivity index (χ1n) is 7.59. The number of piperazine rings is 1. The number of rotatable bonds is 5. The van der Waals surface area contributed by atoms with Gasteiger partial charge in [0, 0.05) is 32.6 Å². The molecule has 1 fully saturated rings. The van der Waals surface area contributed by atoms with Crippen LogP contribution in [0.3, 0.4) is 0 Å². The van der Waals surface area contributed by atoms with Crippen LogP contribution in [0.1, 0.15) is 32.6 Å². The number of benzene rings is 1. The molecule has 0 saturated carbocycles. The largest absolute Gasteiger partial charge is 0.397 e. The molecule has 0 aromatic heterocycles. The zero-order valence-corrected chi connectivity index (χ0v) is 12.3. The van der Waals surface area contributed by atoms with Crippen molar-refractivity contribution in [3.05, 3.63) is 24.3 Å². The van der Waals surface area contributed by atoms with Crippen molar-refractivity contribution in [1.82, 2.24) is 4.90 Å². The topological polar surface area (TPSA) is 49.6 Å². The Kier molecular flexibility index (Phi) is 5.27. The molecule has 0 radical (unpaired) electrons. The van der Waals surface area contributed by atoms with Crippen molar-refractivity contribution in [2.45, 2.75) is 32.6 Å². The summed E-state index contributed by atoms with van der Waals surface area (Å²) in [5, 5.41) is 0. The third-order valence-electron chi connectivity index (χ3n) is 3.90. The Balaban J connectivity index is 1.83. The van der Waals surface area contributed by atoms with E-state index in [2.05, 4.69) is 11.8 Å². The lowest BCUT2D eigenvalue weighted by Crippen LogP contribution is -2.48. The SMILES string of the molecule is CCCCCC(=O)N1CCN(c2ccccc2N)CC1. The quantitative estimate of drug-likeness (QED) is 0.663. The maximum Gasteiger partial charge on any atom is 0.222 e. The van der Waals surface area contributed by atoms with Crippen LogP contribution in [-0.2, 0) is 4.79 Å². The molecule has 1 aliphatic heterocycles. The number of unbranched alkanes of at least 4 members (excludes halogenated alkanes) is 2. The van der Waals surface area contributed by atoms with E-state index in [-0.39, 0.29) is 0 Å². The third-order valence-corrected chi connectivity index (χ3v) is 3.90. The van der Waals surface area contributed by atoms with E-state index >= 15 is 0 Å². The van der Waals surface area contributed by atoms with Gasteiger partial charge in [-0.3, -0.25) is 4.79 Å². The molecule has 20 heavy (non-hydrogen) atoms. The number of anilines is 2. The number of carbonyl (C=O) groups excluding carboxylic acids is 1. The summed E-state index contributed by atoms with van der Waals surface area (Å²) >= 11 is 0. The second-order valence-corrected chi connectivity index (χ2v) is 5.38. The van der Waals surface area contributed by atoms with Crippen LogP contribution in [0.25, 0.3) is 0 Å². The second-order valence-electron chi connectivity index (χ2n) is 5.38. The number of para-hydroxylation sites is 2. The van der Waals surface area contributed by atoms with Crippen LogP contribution in [-0.4, -0.2) is 37.0 Å². The minimum atomic E-state index is 0.305. The van der Waals surface area contributed by atoms with Crippen molar-refractivity contribution in [2.24, 2.45) is 0 Å². The predicted octanol–water partition coefficient (Wildman–Crippen LogP) is 2.50. The highest BCUT2D eigenvalue weighted by Gasteiger charge is 2.21. The predicted molar refractivity (Wildman–Crippen MR) is 83.8 cm³/mol. The summed E-state index contributed by atoms with van der Waals surface area (Å²) in [6.07, 6.45) is 4.02. The van der Waals surface area contributed by atoms with E-state index in [0.29, 0.717) is 12.3 Å². The maximum atomic E-state index is 12.1. The number of nitrogens with two attached hydrogens (primary N) is 1. The molecule has 2 rings (SSSR count). The molecule has 110 valence electrons. The lowest BCUT2D eigenvalue weighted by molar-refractivity contribution is -0.131. The number of amides is 1. The summed E-state index contributed by atoms with van der Waals surface area (Å²) in [7, 11) is 0. The Labute approximate surface area is 121 Å². The third kappa shape index (κ3) is 3.65. The van der Waals surface area contributed by atoms with Gasteiger partial charge in [-0.2, -0.15) is 0 Å². The molecule has 1 saturated heterocycles. The van der Waals surface area contributed by atoms with E-state index in [1.54, 1.807) is 0 Å². The van der Waals surface area contributed by atoms with Gasteiger partial charge in [-0.15, -0.1) is 0 Å². The van der Waals surface area contributed by atoms with Gasteiger partial charge in [0.2, 0.25) is 5.91 Å². The van der Waals surface area contributed by atoms with Gasteiger partial charge in [-0.1, -0.05) is 31.9 Å². The van der Waals surface area contributed by atoms with Gasteiger partial charge in [0.15, 0.2) is 0 Å². The Morgan fingerprint density at radius 3 is 2.50 bits per heavy atom. The Hall–Kier alpha value is -1.71. The van der Waals surface area contributed by atoms with Crippen LogP contribution < -0.4 is 10.6 Å². The molecular weight excluding hydrogens is 250 g/mol. The van der Waals surface area contributed by atoms with E-state index in [9.17, 15) is 4.79 Å². The molecule has 1 amide bonds. The summed E-state index contributed by atoms with van der Waals surface area (Å²) in [4.78, 5) is 16.3. The first kappa shape index (κ1) is 14.7. The fraction of sp³-hybridized carbons (Fsp3) is 0.562. The minimum absolute atomic E-state index is 0.305. The van der Waals surface area contributed by atoms with Crippen LogP contribution >= 0.6 is 0 Å². The average molecular weight is 275 g/mol. The lowest BCUT2D eigenvalue weighted by atomic mass is 10.1. The van der Waals surface area contributed by atoms with Crippen LogP contribution in [0, 0.1) is 0 Å². The fourth-order valence-electron chi connectivity index (χ4n) is 2.66. The molecule has 1 aromatic carbocycles. The van der Waals surface area contributed by atoms with Crippen molar-refractivity contribution < 1.29 is 4.79 Å². The lowest BCUT2D eigenvalue weighted by Gasteiger charge is -2.36. The Morgan fingerprint density at radius 2 is 1.85 bits per heavy atom. The van der Waals surface area contributed by atoms with Crippen molar-refractivity contribution in [1.29, 1.82) is 0 Å². The summed E-state index contributed by atoms with van der Waals surface area (Å²) < 4.78 is 0. The van der Waals surface area contributed by atoms with Crippen molar-refractivity contribution >= 4 is 17.3 Å². The van der Waals surface area contributed by atoms with Crippen molar-refractivity contribution in [3.8, 4) is 0 Å². The summed E-state index contributed by atoms with van der Waals surface area (Å²) in [6, 6.07) is 7.94. The first-order chi connectivity index (χ1) is 9.72. The van der Waals surface area contributed by atoms with Crippen LogP contribution in [0.15, 0.2) is 24.3 Å². The standard InChI is InChI=1S/C16H25N3O/c1-2-3-4-9-16(20)19-12-10-18(11-13-19)15-8-6-5-7-14(15)17/h5-8H,2-4,9-13,17H2,1H3. The van der Waals surface area contributed by atoms with E-state index in [1.807, 2.05) is 29.2 Å². The molecule has 0 atom stereocenters. The minimum Gasteiger partial charge on any atom is -0.397 e. The van der Waals surface area contributed by atoms with E-state index in [1.165, 1.54) is 0 Å². The van der Waals surface area contributed by atoms with E-state index < -0.39 is 0 Å². The summed E-state index contributed by atoms with van der Waals surface area (Å²) in [5.41, 5.74) is 7.91. The first-order valence-corrected chi connectivity index (χ1v) is 7.59. The molecule has 2 N–H and O–H groups in total. The summed E-state index contributed by atoms with van der Waals surface area (Å²) in [6.45, 7) is 5.51. The fourth-order valence-corrected chi connectivity index (χ4v) is 2.66. The molecule has 4 heteroatoms. The monoisotopic (exact) mass is 275 g/mol. The Morgan fingerprint density at radius 1 is 1.15 bits per heavy atom. The maximum absolute atomic E-state index is 12.1.